The Morgan fingerprint density at radius 1 is 1.42 bits per heavy atom. The first-order valence-corrected chi connectivity index (χ1v) is 6.45. The van der Waals surface area contributed by atoms with Crippen molar-refractivity contribution in [3.8, 4) is 0 Å². The standard InChI is InChI=1S/C11H11BrF2N2O3/c1-15(4-2-3-12)11(17)7-5-8(13)9(14)6-10(7)16(18)19/h5-6H,2-4H2,1H3. The second kappa shape index (κ2) is 6.55. The van der Waals surface area contributed by atoms with Crippen LogP contribution in [0, 0.1) is 21.7 Å². The van der Waals surface area contributed by atoms with E-state index in [9.17, 15) is 23.7 Å². The van der Waals surface area contributed by atoms with Gasteiger partial charge in [0.05, 0.1) is 11.0 Å². The van der Waals surface area contributed by atoms with E-state index < -0.39 is 33.7 Å². The van der Waals surface area contributed by atoms with Crippen LogP contribution in [0.4, 0.5) is 14.5 Å². The zero-order valence-corrected chi connectivity index (χ0v) is 11.6. The Morgan fingerprint density at radius 3 is 2.53 bits per heavy atom. The summed E-state index contributed by atoms with van der Waals surface area (Å²) in [6.07, 6.45) is 0.639. The van der Waals surface area contributed by atoms with Crippen molar-refractivity contribution in [3.05, 3.63) is 39.4 Å². The highest BCUT2D eigenvalue weighted by atomic mass is 79.9. The highest BCUT2D eigenvalue weighted by molar-refractivity contribution is 9.09. The molecule has 0 atom stereocenters. The van der Waals surface area contributed by atoms with Gasteiger partial charge in [-0.05, 0) is 12.5 Å². The van der Waals surface area contributed by atoms with Crippen molar-refractivity contribution in [1.82, 2.24) is 4.90 Å². The minimum Gasteiger partial charge on any atom is -0.341 e. The molecule has 0 heterocycles. The van der Waals surface area contributed by atoms with Gasteiger partial charge in [0.1, 0.15) is 5.56 Å². The molecule has 0 saturated heterocycles. The number of nitro benzene ring substituents is 1. The molecule has 1 aromatic rings. The lowest BCUT2D eigenvalue weighted by Crippen LogP contribution is -2.28. The van der Waals surface area contributed by atoms with Crippen molar-refractivity contribution in [2.75, 3.05) is 18.9 Å². The van der Waals surface area contributed by atoms with Gasteiger partial charge in [-0.1, -0.05) is 15.9 Å². The number of hydrogen-bond donors (Lipinski definition) is 0. The molecule has 1 rings (SSSR count). The van der Waals surface area contributed by atoms with Crippen molar-refractivity contribution in [3.63, 3.8) is 0 Å². The first-order valence-electron chi connectivity index (χ1n) is 5.33. The van der Waals surface area contributed by atoms with Crippen LogP contribution in [0.2, 0.25) is 0 Å². The van der Waals surface area contributed by atoms with Crippen LogP contribution >= 0.6 is 15.9 Å². The molecule has 0 radical (unpaired) electrons. The molecule has 0 spiro atoms. The number of halogens is 3. The summed E-state index contributed by atoms with van der Waals surface area (Å²) in [6.45, 7) is 0.347. The summed E-state index contributed by atoms with van der Waals surface area (Å²) in [5.74, 6) is -3.36. The minimum atomic E-state index is -1.36. The second-order valence-corrected chi connectivity index (χ2v) is 4.60. The van der Waals surface area contributed by atoms with E-state index in [-0.39, 0.29) is 0 Å². The number of hydrogen-bond acceptors (Lipinski definition) is 3. The van der Waals surface area contributed by atoms with Gasteiger partial charge < -0.3 is 4.90 Å². The van der Waals surface area contributed by atoms with Gasteiger partial charge in [-0.15, -0.1) is 0 Å². The van der Waals surface area contributed by atoms with Crippen molar-refractivity contribution in [2.45, 2.75) is 6.42 Å². The fourth-order valence-electron chi connectivity index (χ4n) is 1.46. The second-order valence-electron chi connectivity index (χ2n) is 3.81. The highest BCUT2D eigenvalue weighted by Crippen LogP contribution is 2.23. The molecule has 0 N–H and O–H groups in total. The summed E-state index contributed by atoms with van der Waals surface area (Å²) < 4.78 is 26.1. The Morgan fingerprint density at radius 2 is 2.00 bits per heavy atom. The largest absolute Gasteiger partial charge is 0.341 e. The van der Waals surface area contributed by atoms with E-state index in [0.29, 0.717) is 30.4 Å². The summed E-state index contributed by atoms with van der Waals surface area (Å²) in [6, 6.07) is 0.974. The summed E-state index contributed by atoms with van der Waals surface area (Å²) in [5, 5.41) is 11.4. The first-order chi connectivity index (χ1) is 8.88. The lowest BCUT2D eigenvalue weighted by molar-refractivity contribution is -0.385. The van der Waals surface area contributed by atoms with Crippen LogP contribution in [0.5, 0.6) is 0 Å². The third kappa shape index (κ3) is 3.69. The Hall–Kier alpha value is -1.57. The van der Waals surface area contributed by atoms with E-state index in [1.165, 1.54) is 11.9 Å². The Kier molecular flexibility index (Phi) is 5.34. The van der Waals surface area contributed by atoms with Gasteiger partial charge in [-0.3, -0.25) is 14.9 Å². The lowest BCUT2D eigenvalue weighted by atomic mass is 10.1. The summed E-state index contributed by atoms with van der Waals surface area (Å²) in [7, 11) is 1.44. The average molecular weight is 337 g/mol. The van der Waals surface area contributed by atoms with Crippen molar-refractivity contribution < 1.29 is 18.5 Å². The van der Waals surface area contributed by atoms with Crippen LogP contribution in [0.15, 0.2) is 12.1 Å². The normalized spacial score (nSPS) is 10.3. The van der Waals surface area contributed by atoms with Crippen molar-refractivity contribution in [2.24, 2.45) is 0 Å². The molecule has 0 fully saturated rings. The van der Waals surface area contributed by atoms with E-state index >= 15 is 0 Å². The maximum atomic E-state index is 13.1. The minimum absolute atomic E-state index is 0.347. The first kappa shape index (κ1) is 15.5. The van der Waals surface area contributed by atoms with E-state index in [1.54, 1.807) is 0 Å². The fourth-order valence-corrected chi connectivity index (χ4v) is 1.71. The number of benzene rings is 1. The molecule has 0 aliphatic carbocycles. The SMILES string of the molecule is CN(CCCBr)C(=O)c1cc(F)c(F)cc1[N+](=O)[O-]. The lowest BCUT2D eigenvalue weighted by Gasteiger charge is -2.16. The molecule has 19 heavy (non-hydrogen) atoms. The van der Waals surface area contributed by atoms with Gasteiger partial charge in [0.2, 0.25) is 0 Å². The third-order valence-electron chi connectivity index (χ3n) is 2.44. The molecule has 5 nitrogen and oxygen atoms in total. The predicted molar refractivity (Wildman–Crippen MR) is 68.4 cm³/mol. The molecule has 1 aromatic carbocycles. The summed E-state index contributed by atoms with van der Waals surface area (Å²) >= 11 is 3.19. The molecule has 0 aliphatic rings. The Labute approximate surface area is 116 Å². The van der Waals surface area contributed by atoms with Crippen LogP contribution in [0.25, 0.3) is 0 Å². The quantitative estimate of drug-likeness (QED) is 0.471. The van der Waals surface area contributed by atoms with Crippen LogP contribution in [0.3, 0.4) is 0 Å². The van der Waals surface area contributed by atoms with Crippen LogP contribution in [-0.4, -0.2) is 34.7 Å². The van der Waals surface area contributed by atoms with Crippen molar-refractivity contribution in [1.29, 1.82) is 0 Å². The van der Waals surface area contributed by atoms with E-state index in [2.05, 4.69) is 15.9 Å². The fraction of sp³-hybridized carbons (Fsp3) is 0.364. The highest BCUT2D eigenvalue weighted by Gasteiger charge is 2.25. The molecule has 104 valence electrons. The summed E-state index contributed by atoms with van der Waals surface area (Å²) in [5.41, 5.74) is -1.20. The van der Waals surface area contributed by atoms with E-state index in [4.69, 9.17) is 0 Å². The molecule has 0 aliphatic heterocycles. The van der Waals surface area contributed by atoms with Crippen LogP contribution in [-0.2, 0) is 0 Å². The number of amides is 1. The van der Waals surface area contributed by atoms with Gasteiger partial charge in [0.25, 0.3) is 11.6 Å². The average Bonchev–Trinajstić information content (AvgIpc) is 2.37. The molecule has 0 aromatic heterocycles. The van der Waals surface area contributed by atoms with Gasteiger partial charge in [0.15, 0.2) is 11.6 Å². The molecule has 0 bridgehead atoms. The number of carbonyl (C=O) groups is 1. The van der Waals surface area contributed by atoms with Gasteiger partial charge in [-0.2, -0.15) is 0 Å². The number of carbonyl (C=O) groups excluding carboxylic acids is 1. The third-order valence-corrected chi connectivity index (χ3v) is 3.00. The van der Waals surface area contributed by atoms with Crippen LogP contribution in [0.1, 0.15) is 16.8 Å². The van der Waals surface area contributed by atoms with Crippen molar-refractivity contribution >= 4 is 27.5 Å². The van der Waals surface area contributed by atoms with Gasteiger partial charge >= 0.3 is 0 Å². The molecular formula is C11H11BrF2N2O3. The monoisotopic (exact) mass is 336 g/mol. The number of alkyl halides is 1. The number of nitrogens with zero attached hydrogens (tertiary/aromatic N) is 2. The summed E-state index contributed by atoms with van der Waals surface area (Å²) in [4.78, 5) is 23.0. The maximum absolute atomic E-state index is 13.1. The molecule has 8 heteroatoms. The van der Waals surface area contributed by atoms with Gasteiger partial charge in [0, 0.05) is 18.9 Å². The molecule has 1 amide bonds. The smallest absolute Gasteiger partial charge is 0.285 e. The maximum Gasteiger partial charge on any atom is 0.285 e. The van der Waals surface area contributed by atoms with E-state index in [0.717, 1.165) is 0 Å². The van der Waals surface area contributed by atoms with Crippen LogP contribution < -0.4 is 0 Å². The van der Waals surface area contributed by atoms with Gasteiger partial charge in [-0.25, -0.2) is 8.78 Å². The molecule has 0 unspecified atom stereocenters. The van der Waals surface area contributed by atoms with E-state index in [1.807, 2.05) is 0 Å². The Bertz CT molecular complexity index is 511. The zero-order chi connectivity index (χ0) is 14.6. The predicted octanol–water partition coefficient (Wildman–Crippen LogP) is 2.73. The zero-order valence-electron chi connectivity index (χ0n) is 10.0. The Balaban J connectivity index is 3.14. The molecule has 0 saturated carbocycles. The number of rotatable bonds is 5. The molecular weight excluding hydrogens is 326 g/mol. The number of nitro groups is 1. The topological polar surface area (TPSA) is 63.5 Å².